The molecule has 0 fully saturated rings. The van der Waals surface area contributed by atoms with E-state index in [1.165, 1.54) is 6.20 Å². The minimum Gasteiger partial charge on any atom is -0.477 e. The zero-order valence-corrected chi connectivity index (χ0v) is 15.6. The van der Waals surface area contributed by atoms with Gasteiger partial charge in [-0.3, -0.25) is 4.79 Å². The van der Waals surface area contributed by atoms with E-state index in [-0.39, 0.29) is 12.2 Å². The van der Waals surface area contributed by atoms with Crippen LogP contribution in [0, 0.1) is 0 Å². The molecule has 7 nitrogen and oxygen atoms in total. The second-order valence-corrected chi connectivity index (χ2v) is 6.32. The SMILES string of the molecule is O=C(NCCC=Cc1ccc2[nH]cc(C(=O)O)c(=O)c2c1)OCc1ccccc1. The first-order valence-corrected chi connectivity index (χ1v) is 9.04. The first-order chi connectivity index (χ1) is 14.0. The van der Waals surface area contributed by atoms with Crippen LogP contribution in [-0.2, 0) is 11.3 Å². The Morgan fingerprint density at radius 2 is 1.93 bits per heavy atom. The summed E-state index contributed by atoms with van der Waals surface area (Å²) >= 11 is 0. The van der Waals surface area contributed by atoms with E-state index in [2.05, 4.69) is 10.3 Å². The van der Waals surface area contributed by atoms with Gasteiger partial charge in [-0.25, -0.2) is 9.59 Å². The summed E-state index contributed by atoms with van der Waals surface area (Å²) in [6, 6.07) is 14.6. The van der Waals surface area contributed by atoms with Crippen LogP contribution in [0.15, 0.2) is 65.6 Å². The number of aromatic amines is 1. The molecule has 3 aromatic rings. The van der Waals surface area contributed by atoms with Crippen LogP contribution in [0.25, 0.3) is 17.0 Å². The molecule has 0 bridgehead atoms. The molecular weight excluding hydrogens is 372 g/mol. The fraction of sp³-hybridized carbons (Fsp3) is 0.136. The van der Waals surface area contributed by atoms with Crippen molar-refractivity contribution in [3.8, 4) is 0 Å². The fourth-order valence-electron chi connectivity index (χ4n) is 2.75. The van der Waals surface area contributed by atoms with Crippen LogP contribution in [0.1, 0.15) is 27.9 Å². The number of carboxylic acid groups (broad SMARTS) is 1. The molecule has 0 aliphatic rings. The molecule has 0 aliphatic carbocycles. The lowest BCUT2D eigenvalue weighted by Crippen LogP contribution is -2.24. The Labute approximate surface area is 166 Å². The summed E-state index contributed by atoms with van der Waals surface area (Å²) < 4.78 is 5.12. The lowest BCUT2D eigenvalue weighted by atomic mass is 10.1. The Bertz CT molecular complexity index is 1100. The second kappa shape index (κ2) is 9.36. The molecule has 0 radical (unpaired) electrons. The molecule has 0 unspecified atom stereocenters. The number of alkyl carbamates (subject to hydrolysis) is 1. The Morgan fingerprint density at radius 3 is 2.69 bits per heavy atom. The van der Waals surface area contributed by atoms with Gasteiger partial charge in [-0.15, -0.1) is 0 Å². The zero-order chi connectivity index (χ0) is 20.6. The van der Waals surface area contributed by atoms with E-state index in [0.717, 1.165) is 11.1 Å². The predicted octanol–water partition coefficient (Wildman–Crippen LogP) is 3.56. The van der Waals surface area contributed by atoms with Gasteiger partial charge in [-0.2, -0.15) is 0 Å². The lowest BCUT2D eigenvalue weighted by Gasteiger charge is -2.06. The average Bonchev–Trinajstić information content (AvgIpc) is 2.73. The van der Waals surface area contributed by atoms with Gasteiger partial charge in [0.25, 0.3) is 0 Å². The molecular formula is C22H20N2O5. The zero-order valence-electron chi connectivity index (χ0n) is 15.6. The van der Waals surface area contributed by atoms with Crippen molar-refractivity contribution in [2.75, 3.05) is 6.54 Å². The molecule has 0 atom stereocenters. The molecule has 0 aliphatic heterocycles. The average molecular weight is 392 g/mol. The number of rotatable bonds is 7. The number of H-pyrrole nitrogens is 1. The standard InChI is InChI=1S/C22H20N2O5/c25-20-17-12-15(9-10-19(17)24-13-18(20)21(26)27)6-4-5-11-23-22(28)29-14-16-7-2-1-3-8-16/h1-4,6-10,12-13H,5,11,14H2,(H,23,28)(H,24,25)(H,26,27). The smallest absolute Gasteiger partial charge is 0.407 e. The molecule has 3 rings (SSSR count). The Hall–Kier alpha value is -3.87. The van der Waals surface area contributed by atoms with Crippen molar-refractivity contribution in [2.45, 2.75) is 13.0 Å². The van der Waals surface area contributed by atoms with Crippen LogP contribution >= 0.6 is 0 Å². The van der Waals surface area contributed by atoms with Gasteiger partial charge >= 0.3 is 12.1 Å². The number of hydrogen-bond donors (Lipinski definition) is 3. The van der Waals surface area contributed by atoms with E-state index < -0.39 is 17.5 Å². The van der Waals surface area contributed by atoms with Crippen molar-refractivity contribution in [3.63, 3.8) is 0 Å². The summed E-state index contributed by atoms with van der Waals surface area (Å²) in [6.07, 6.45) is 4.95. The third-order valence-electron chi connectivity index (χ3n) is 4.24. The highest BCUT2D eigenvalue weighted by Crippen LogP contribution is 2.13. The number of aromatic nitrogens is 1. The van der Waals surface area contributed by atoms with Gasteiger partial charge in [-0.05, 0) is 29.7 Å². The molecule has 1 heterocycles. The van der Waals surface area contributed by atoms with Gasteiger partial charge in [0.1, 0.15) is 12.2 Å². The number of nitrogens with one attached hydrogen (secondary N) is 2. The molecule has 1 aromatic heterocycles. The second-order valence-electron chi connectivity index (χ2n) is 6.32. The van der Waals surface area contributed by atoms with Gasteiger partial charge in [0.05, 0.1) is 0 Å². The van der Waals surface area contributed by atoms with Gasteiger partial charge < -0.3 is 20.1 Å². The maximum Gasteiger partial charge on any atom is 0.407 e. The van der Waals surface area contributed by atoms with Crippen molar-refractivity contribution >= 4 is 29.0 Å². The van der Waals surface area contributed by atoms with E-state index in [4.69, 9.17) is 9.84 Å². The van der Waals surface area contributed by atoms with E-state index in [1.54, 1.807) is 12.1 Å². The third-order valence-corrected chi connectivity index (χ3v) is 4.24. The molecule has 148 valence electrons. The van der Waals surface area contributed by atoms with E-state index >= 15 is 0 Å². The van der Waals surface area contributed by atoms with Crippen LogP contribution < -0.4 is 10.7 Å². The summed E-state index contributed by atoms with van der Waals surface area (Å²) in [6.45, 7) is 0.619. The highest BCUT2D eigenvalue weighted by molar-refractivity contribution is 5.92. The number of carboxylic acids is 1. The molecule has 0 saturated carbocycles. The van der Waals surface area contributed by atoms with Crippen molar-refractivity contribution in [2.24, 2.45) is 0 Å². The van der Waals surface area contributed by atoms with Crippen LogP contribution in [0.3, 0.4) is 0 Å². The summed E-state index contributed by atoms with van der Waals surface area (Å²) in [5.74, 6) is -1.26. The largest absolute Gasteiger partial charge is 0.477 e. The number of hydrogen-bond acceptors (Lipinski definition) is 4. The van der Waals surface area contributed by atoms with Crippen LogP contribution in [-0.4, -0.2) is 28.7 Å². The maximum atomic E-state index is 12.3. The molecule has 2 aromatic carbocycles. The monoisotopic (exact) mass is 392 g/mol. The Balaban J connectivity index is 1.51. The van der Waals surface area contributed by atoms with Crippen molar-refractivity contribution < 1.29 is 19.4 Å². The Kier molecular flexibility index (Phi) is 6.42. The molecule has 29 heavy (non-hydrogen) atoms. The molecule has 1 amide bonds. The van der Waals surface area contributed by atoms with E-state index in [0.29, 0.717) is 23.9 Å². The van der Waals surface area contributed by atoms with Crippen molar-refractivity contribution in [1.29, 1.82) is 0 Å². The maximum absolute atomic E-state index is 12.3. The van der Waals surface area contributed by atoms with Crippen molar-refractivity contribution in [3.05, 3.63) is 87.7 Å². The first kappa shape index (κ1) is 19.9. The van der Waals surface area contributed by atoms with Gasteiger partial charge in [0.2, 0.25) is 5.43 Å². The first-order valence-electron chi connectivity index (χ1n) is 9.04. The number of carbonyl (C=O) groups is 2. The molecule has 0 spiro atoms. The number of amides is 1. The number of pyridine rings is 1. The van der Waals surface area contributed by atoms with Crippen LogP contribution in [0.4, 0.5) is 4.79 Å². The lowest BCUT2D eigenvalue weighted by molar-refractivity contribution is 0.0695. The molecule has 0 saturated heterocycles. The van der Waals surface area contributed by atoms with Crippen molar-refractivity contribution in [1.82, 2.24) is 10.3 Å². The van der Waals surface area contributed by atoms with E-state index in [9.17, 15) is 14.4 Å². The Morgan fingerprint density at radius 1 is 1.14 bits per heavy atom. The normalized spacial score (nSPS) is 10.9. The summed E-state index contributed by atoms with van der Waals surface area (Å²) in [4.78, 5) is 37.8. The van der Waals surface area contributed by atoms with Gasteiger partial charge in [0.15, 0.2) is 0 Å². The number of benzene rings is 2. The summed E-state index contributed by atoms with van der Waals surface area (Å²) in [5, 5.41) is 12.0. The minimum absolute atomic E-state index is 0.215. The molecule has 7 heteroatoms. The highest BCUT2D eigenvalue weighted by atomic mass is 16.5. The summed E-state index contributed by atoms with van der Waals surface area (Å²) in [7, 11) is 0. The predicted molar refractivity (Wildman–Crippen MR) is 110 cm³/mol. The summed E-state index contributed by atoms with van der Waals surface area (Å²) in [5.41, 5.74) is 1.43. The van der Waals surface area contributed by atoms with Crippen LogP contribution in [0.2, 0.25) is 0 Å². The highest BCUT2D eigenvalue weighted by Gasteiger charge is 2.11. The number of fused-ring (bicyclic) bond motifs is 1. The van der Waals surface area contributed by atoms with Gasteiger partial charge in [-0.1, -0.05) is 48.6 Å². The molecule has 3 N–H and O–H groups in total. The fourth-order valence-corrected chi connectivity index (χ4v) is 2.75. The number of ether oxygens (including phenoxy) is 1. The quantitative estimate of drug-likeness (QED) is 0.533. The minimum atomic E-state index is -1.26. The topological polar surface area (TPSA) is 108 Å². The van der Waals surface area contributed by atoms with E-state index in [1.807, 2.05) is 48.6 Å². The number of aromatic carboxylic acids is 1. The third kappa shape index (κ3) is 5.32. The van der Waals surface area contributed by atoms with Crippen LogP contribution in [0.5, 0.6) is 0 Å². The number of carbonyl (C=O) groups excluding carboxylic acids is 1. The van der Waals surface area contributed by atoms with Gasteiger partial charge in [0, 0.05) is 23.6 Å².